The molecule has 0 saturated carbocycles. The number of benzene rings is 1. The number of methoxy groups -OCH3 is 1. The van der Waals surface area contributed by atoms with E-state index < -0.39 is 0 Å². The predicted molar refractivity (Wildman–Crippen MR) is 64.0 cm³/mol. The molecule has 0 aliphatic carbocycles. The summed E-state index contributed by atoms with van der Waals surface area (Å²) in [5.41, 5.74) is 7.53. The van der Waals surface area contributed by atoms with Crippen LogP contribution in [0.1, 0.15) is 0 Å². The van der Waals surface area contributed by atoms with Gasteiger partial charge < -0.3 is 15.0 Å². The first-order chi connectivity index (χ1) is 7.81. The van der Waals surface area contributed by atoms with Crippen LogP contribution in [0, 0.1) is 0 Å². The summed E-state index contributed by atoms with van der Waals surface area (Å²) in [6, 6.07) is 7.72. The second-order valence-corrected chi connectivity index (χ2v) is 3.56. The topological polar surface area (TPSA) is 53.1 Å². The van der Waals surface area contributed by atoms with E-state index >= 15 is 0 Å². The van der Waals surface area contributed by atoms with Gasteiger partial charge in [-0.15, -0.1) is 0 Å². The lowest BCUT2D eigenvalue weighted by atomic mass is 10.2. The molecule has 0 saturated heterocycles. The van der Waals surface area contributed by atoms with Gasteiger partial charge in [-0.25, -0.2) is 4.98 Å². The quantitative estimate of drug-likeness (QED) is 0.794. The van der Waals surface area contributed by atoms with Gasteiger partial charge in [0.25, 0.3) is 0 Å². The van der Waals surface area contributed by atoms with E-state index in [1.165, 1.54) is 0 Å². The summed E-state index contributed by atoms with van der Waals surface area (Å²) >= 11 is 0. The van der Waals surface area contributed by atoms with Crippen LogP contribution < -0.4 is 5.73 Å². The Morgan fingerprint density at radius 3 is 3.06 bits per heavy atom. The minimum Gasteiger partial charge on any atom is -0.399 e. The van der Waals surface area contributed by atoms with Crippen LogP contribution in [0.25, 0.3) is 11.4 Å². The SMILES string of the molecule is COCCn1ccnc1-c1cccc(N)c1. The molecule has 0 aliphatic rings. The van der Waals surface area contributed by atoms with Crippen LogP contribution in [-0.2, 0) is 11.3 Å². The van der Waals surface area contributed by atoms with E-state index in [2.05, 4.69) is 9.55 Å². The van der Waals surface area contributed by atoms with E-state index in [1.54, 1.807) is 13.3 Å². The summed E-state index contributed by atoms with van der Waals surface area (Å²) in [7, 11) is 1.69. The highest BCUT2D eigenvalue weighted by atomic mass is 16.5. The molecule has 0 fully saturated rings. The molecule has 0 unspecified atom stereocenters. The fourth-order valence-electron chi connectivity index (χ4n) is 1.62. The molecule has 0 bridgehead atoms. The number of ether oxygens (including phenoxy) is 1. The van der Waals surface area contributed by atoms with Gasteiger partial charge >= 0.3 is 0 Å². The van der Waals surface area contributed by atoms with Crippen LogP contribution in [-0.4, -0.2) is 23.3 Å². The molecule has 84 valence electrons. The van der Waals surface area contributed by atoms with Crippen molar-refractivity contribution < 1.29 is 4.74 Å². The lowest BCUT2D eigenvalue weighted by Gasteiger charge is -2.07. The predicted octanol–water partition coefficient (Wildman–Crippen LogP) is 1.78. The number of hydrogen-bond donors (Lipinski definition) is 1. The van der Waals surface area contributed by atoms with Crippen molar-refractivity contribution in [2.45, 2.75) is 6.54 Å². The van der Waals surface area contributed by atoms with Crippen molar-refractivity contribution in [3.63, 3.8) is 0 Å². The lowest BCUT2D eigenvalue weighted by Crippen LogP contribution is -2.05. The highest BCUT2D eigenvalue weighted by molar-refractivity contribution is 5.61. The molecular weight excluding hydrogens is 202 g/mol. The van der Waals surface area contributed by atoms with Gasteiger partial charge in [-0.2, -0.15) is 0 Å². The maximum atomic E-state index is 5.75. The fraction of sp³-hybridized carbons (Fsp3) is 0.250. The highest BCUT2D eigenvalue weighted by Crippen LogP contribution is 2.19. The molecule has 2 N–H and O–H groups in total. The summed E-state index contributed by atoms with van der Waals surface area (Å²) < 4.78 is 7.11. The average molecular weight is 217 g/mol. The zero-order valence-electron chi connectivity index (χ0n) is 9.26. The molecule has 0 spiro atoms. The standard InChI is InChI=1S/C12H15N3O/c1-16-8-7-15-6-5-14-12(15)10-3-2-4-11(13)9-10/h2-6,9H,7-8,13H2,1H3. The van der Waals surface area contributed by atoms with Gasteiger partial charge in [-0.3, -0.25) is 0 Å². The Balaban J connectivity index is 2.29. The monoisotopic (exact) mass is 217 g/mol. The maximum absolute atomic E-state index is 5.75. The first-order valence-corrected chi connectivity index (χ1v) is 5.17. The van der Waals surface area contributed by atoms with Crippen LogP contribution in [0.5, 0.6) is 0 Å². The Morgan fingerprint density at radius 1 is 1.44 bits per heavy atom. The number of nitrogen functional groups attached to an aromatic ring is 1. The lowest BCUT2D eigenvalue weighted by molar-refractivity contribution is 0.187. The fourth-order valence-corrected chi connectivity index (χ4v) is 1.62. The molecule has 0 radical (unpaired) electrons. The summed E-state index contributed by atoms with van der Waals surface area (Å²) in [6.45, 7) is 1.46. The number of nitrogens with two attached hydrogens (primary N) is 1. The minimum absolute atomic E-state index is 0.672. The highest BCUT2D eigenvalue weighted by Gasteiger charge is 2.05. The first kappa shape index (κ1) is 10.7. The van der Waals surface area contributed by atoms with Crippen LogP contribution in [0.2, 0.25) is 0 Å². The Hall–Kier alpha value is -1.81. The van der Waals surface area contributed by atoms with E-state index in [1.807, 2.05) is 30.5 Å². The number of hydrogen-bond acceptors (Lipinski definition) is 3. The van der Waals surface area contributed by atoms with Gasteiger partial charge in [0, 0.05) is 37.3 Å². The molecule has 16 heavy (non-hydrogen) atoms. The molecule has 4 nitrogen and oxygen atoms in total. The smallest absolute Gasteiger partial charge is 0.140 e. The van der Waals surface area contributed by atoms with Crippen molar-refractivity contribution in [2.75, 3.05) is 19.5 Å². The zero-order chi connectivity index (χ0) is 11.4. The van der Waals surface area contributed by atoms with Crippen molar-refractivity contribution in [1.29, 1.82) is 0 Å². The molecule has 2 aromatic rings. The number of rotatable bonds is 4. The molecule has 1 aromatic carbocycles. The summed E-state index contributed by atoms with van der Waals surface area (Å²) in [5.74, 6) is 0.921. The van der Waals surface area contributed by atoms with Crippen molar-refractivity contribution in [2.24, 2.45) is 0 Å². The normalized spacial score (nSPS) is 10.6. The van der Waals surface area contributed by atoms with Crippen LogP contribution in [0.3, 0.4) is 0 Å². The average Bonchev–Trinajstić information content (AvgIpc) is 2.74. The molecule has 4 heteroatoms. The maximum Gasteiger partial charge on any atom is 0.140 e. The Morgan fingerprint density at radius 2 is 2.31 bits per heavy atom. The van der Waals surface area contributed by atoms with Gasteiger partial charge in [0.05, 0.1) is 6.61 Å². The first-order valence-electron chi connectivity index (χ1n) is 5.17. The van der Waals surface area contributed by atoms with Gasteiger partial charge in [0.15, 0.2) is 0 Å². The van der Waals surface area contributed by atoms with Crippen LogP contribution >= 0.6 is 0 Å². The van der Waals surface area contributed by atoms with Crippen molar-refractivity contribution in [3.05, 3.63) is 36.7 Å². The van der Waals surface area contributed by atoms with E-state index in [0.29, 0.717) is 6.61 Å². The Bertz CT molecular complexity index is 465. The molecule has 2 rings (SSSR count). The third kappa shape index (κ3) is 2.23. The second-order valence-electron chi connectivity index (χ2n) is 3.56. The van der Waals surface area contributed by atoms with Gasteiger partial charge in [0.2, 0.25) is 0 Å². The Labute approximate surface area is 94.7 Å². The van der Waals surface area contributed by atoms with Gasteiger partial charge in [-0.05, 0) is 12.1 Å². The summed E-state index contributed by atoms with van der Waals surface area (Å²) in [5, 5.41) is 0. The number of nitrogens with zero attached hydrogens (tertiary/aromatic N) is 2. The third-order valence-corrected chi connectivity index (χ3v) is 2.40. The third-order valence-electron chi connectivity index (χ3n) is 2.40. The zero-order valence-corrected chi connectivity index (χ0v) is 9.26. The van der Waals surface area contributed by atoms with E-state index in [-0.39, 0.29) is 0 Å². The van der Waals surface area contributed by atoms with Gasteiger partial charge in [0.1, 0.15) is 5.82 Å². The number of imidazole rings is 1. The largest absolute Gasteiger partial charge is 0.399 e. The van der Waals surface area contributed by atoms with Crippen molar-refractivity contribution in [1.82, 2.24) is 9.55 Å². The molecule has 0 atom stereocenters. The molecule has 1 heterocycles. The van der Waals surface area contributed by atoms with E-state index in [0.717, 1.165) is 23.6 Å². The molecule has 0 aliphatic heterocycles. The second kappa shape index (κ2) is 4.81. The number of aromatic nitrogens is 2. The summed E-state index contributed by atoms with van der Waals surface area (Å²) in [4.78, 5) is 4.33. The number of anilines is 1. The molecule has 0 amide bonds. The van der Waals surface area contributed by atoms with E-state index in [4.69, 9.17) is 10.5 Å². The van der Waals surface area contributed by atoms with Crippen molar-refractivity contribution in [3.8, 4) is 11.4 Å². The van der Waals surface area contributed by atoms with Crippen LogP contribution in [0.15, 0.2) is 36.7 Å². The van der Waals surface area contributed by atoms with Crippen molar-refractivity contribution >= 4 is 5.69 Å². The molecular formula is C12H15N3O. The summed E-state index contributed by atoms with van der Waals surface area (Å²) in [6.07, 6.45) is 3.73. The minimum atomic E-state index is 0.672. The van der Waals surface area contributed by atoms with Gasteiger partial charge in [-0.1, -0.05) is 12.1 Å². The molecule has 1 aromatic heterocycles. The van der Waals surface area contributed by atoms with E-state index in [9.17, 15) is 0 Å². The van der Waals surface area contributed by atoms with Crippen LogP contribution in [0.4, 0.5) is 5.69 Å². The Kier molecular flexibility index (Phi) is 3.22.